The molecule has 0 amide bonds. The van der Waals surface area contributed by atoms with E-state index in [0.717, 1.165) is 0 Å². The second-order valence-electron chi connectivity index (χ2n) is 2.18. The Labute approximate surface area is 68.6 Å². The third-order valence-corrected chi connectivity index (χ3v) is 2.62. The fourth-order valence-electron chi connectivity index (χ4n) is 0.923. The Hall–Kier alpha value is -0.710. The molecule has 0 saturated carbocycles. The largest absolute Gasteiger partial charge is 0.468 e. The maximum atomic E-state index is 11.0. The van der Waals surface area contributed by atoms with Gasteiger partial charge in [-0.25, -0.2) is 0 Å². The lowest BCUT2D eigenvalue weighted by molar-refractivity contribution is -0.142. The first-order valence-electron chi connectivity index (χ1n) is 3.16. The number of thioether (sulfide) groups is 1. The molecule has 0 spiro atoms. The van der Waals surface area contributed by atoms with E-state index in [-0.39, 0.29) is 11.9 Å². The highest BCUT2D eigenvalue weighted by molar-refractivity contribution is 8.00. The van der Waals surface area contributed by atoms with E-state index in [0.29, 0.717) is 17.2 Å². The predicted molar refractivity (Wildman–Crippen MR) is 42.1 cm³/mol. The first-order valence-corrected chi connectivity index (χ1v) is 4.31. The number of hydrogen-bond acceptors (Lipinski definition) is 5. The van der Waals surface area contributed by atoms with Crippen molar-refractivity contribution < 1.29 is 14.7 Å². The number of carbonyl (C=O) groups excluding carboxylic acids is 1. The second-order valence-corrected chi connectivity index (χ2v) is 3.21. The molecule has 62 valence electrons. The maximum absolute atomic E-state index is 11.0. The minimum atomic E-state index is -0.338. The van der Waals surface area contributed by atoms with Gasteiger partial charge >= 0.3 is 5.97 Å². The fourth-order valence-corrected chi connectivity index (χ4v) is 2.07. The number of rotatable bonds is 1. The molecule has 1 unspecified atom stereocenters. The van der Waals surface area contributed by atoms with Crippen LogP contribution in [0.3, 0.4) is 0 Å². The Kier molecular flexibility index (Phi) is 2.76. The summed E-state index contributed by atoms with van der Waals surface area (Å²) in [5.41, 5.74) is 0.516. The second kappa shape index (κ2) is 3.61. The topological polar surface area (TPSA) is 58.9 Å². The van der Waals surface area contributed by atoms with E-state index in [4.69, 9.17) is 5.21 Å². The molecule has 1 aliphatic heterocycles. The van der Waals surface area contributed by atoms with Gasteiger partial charge in [-0.05, 0) is 0 Å². The molecule has 0 aromatic rings. The number of ether oxygens (including phenoxy) is 1. The van der Waals surface area contributed by atoms with E-state index in [9.17, 15) is 4.79 Å². The maximum Gasteiger partial charge on any atom is 0.315 e. The van der Waals surface area contributed by atoms with Gasteiger partial charge in [0.1, 0.15) is 5.92 Å². The average Bonchev–Trinajstić information content (AvgIpc) is 2.50. The molecule has 1 saturated heterocycles. The van der Waals surface area contributed by atoms with Gasteiger partial charge in [-0.3, -0.25) is 4.79 Å². The third-order valence-electron chi connectivity index (χ3n) is 1.55. The van der Waals surface area contributed by atoms with Crippen molar-refractivity contribution in [3.05, 3.63) is 0 Å². The minimum absolute atomic E-state index is 0.317. The van der Waals surface area contributed by atoms with Crippen molar-refractivity contribution in [2.45, 2.75) is 0 Å². The standard InChI is InChI=1S/C6H9NO3S/c1-10-6(8)4-2-11-3-5(4)7-9/h4,9H,2-3H2,1H3. The van der Waals surface area contributed by atoms with Crippen LogP contribution in [0.2, 0.25) is 0 Å². The average molecular weight is 175 g/mol. The number of methoxy groups -OCH3 is 1. The Morgan fingerprint density at radius 1 is 1.91 bits per heavy atom. The van der Waals surface area contributed by atoms with Gasteiger partial charge in [0.25, 0.3) is 0 Å². The van der Waals surface area contributed by atoms with Crippen LogP contribution >= 0.6 is 11.8 Å². The Balaban J connectivity index is 2.64. The summed E-state index contributed by atoms with van der Waals surface area (Å²) in [5.74, 6) is 0.625. The van der Waals surface area contributed by atoms with Gasteiger partial charge in [0.05, 0.1) is 12.8 Å². The smallest absolute Gasteiger partial charge is 0.315 e. The van der Waals surface area contributed by atoms with Gasteiger partial charge in [0.2, 0.25) is 0 Å². The zero-order valence-corrected chi connectivity index (χ0v) is 6.93. The van der Waals surface area contributed by atoms with Crippen LogP contribution in [0, 0.1) is 5.92 Å². The molecule has 0 radical (unpaired) electrons. The number of oxime groups is 1. The summed E-state index contributed by atoms with van der Waals surface area (Å²) in [5, 5.41) is 11.5. The molecule has 11 heavy (non-hydrogen) atoms. The van der Waals surface area contributed by atoms with Gasteiger partial charge in [0.15, 0.2) is 0 Å². The van der Waals surface area contributed by atoms with Gasteiger partial charge < -0.3 is 9.94 Å². The van der Waals surface area contributed by atoms with Gasteiger partial charge in [-0.15, -0.1) is 0 Å². The highest BCUT2D eigenvalue weighted by Gasteiger charge is 2.30. The van der Waals surface area contributed by atoms with Crippen molar-refractivity contribution in [3.8, 4) is 0 Å². The highest BCUT2D eigenvalue weighted by atomic mass is 32.2. The first-order chi connectivity index (χ1) is 5.29. The molecular weight excluding hydrogens is 166 g/mol. The monoisotopic (exact) mass is 175 g/mol. The molecule has 4 nitrogen and oxygen atoms in total. The van der Waals surface area contributed by atoms with E-state index < -0.39 is 0 Å². The van der Waals surface area contributed by atoms with Crippen molar-refractivity contribution in [2.75, 3.05) is 18.6 Å². The summed E-state index contributed by atoms with van der Waals surface area (Å²) in [6.45, 7) is 0. The lowest BCUT2D eigenvalue weighted by Gasteiger charge is -2.04. The van der Waals surface area contributed by atoms with Crippen molar-refractivity contribution in [2.24, 2.45) is 11.1 Å². The van der Waals surface area contributed by atoms with E-state index in [1.165, 1.54) is 7.11 Å². The van der Waals surface area contributed by atoms with E-state index >= 15 is 0 Å². The van der Waals surface area contributed by atoms with Crippen LogP contribution in [-0.2, 0) is 9.53 Å². The van der Waals surface area contributed by atoms with Gasteiger partial charge in [-0.1, -0.05) is 5.16 Å². The SMILES string of the molecule is COC(=O)C1CSCC1=NO. The van der Waals surface area contributed by atoms with Crippen LogP contribution in [0.5, 0.6) is 0 Å². The number of nitrogens with zero attached hydrogens (tertiary/aromatic N) is 1. The van der Waals surface area contributed by atoms with E-state index in [1.807, 2.05) is 0 Å². The number of hydrogen-bond donors (Lipinski definition) is 1. The quantitative estimate of drug-likeness (QED) is 0.355. The van der Waals surface area contributed by atoms with Crippen LogP contribution in [0.25, 0.3) is 0 Å². The molecule has 1 heterocycles. The Bertz CT molecular complexity index is 192. The summed E-state index contributed by atoms with van der Waals surface area (Å²) >= 11 is 1.57. The molecule has 0 aromatic carbocycles. The lowest BCUT2D eigenvalue weighted by Crippen LogP contribution is -2.23. The Morgan fingerprint density at radius 3 is 3.18 bits per heavy atom. The molecule has 1 atom stereocenters. The molecule has 1 N–H and O–H groups in total. The zero-order valence-electron chi connectivity index (χ0n) is 6.11. The van der Waals surface area contributed by atoms with Gasteiger partial charge in [-0.2, -0.15) is 11.8 Å². The summed E-state index contributed by atoms with van der Waals surface area (Å²) < 4.78 is 4.52. The predicted octanol–water partition coefficient (Wildman–Crippen LogP) is 0.353. The number of carbonyl (C=O) groups is 1. The zero-order chi connectivity index (χ0) is 8.27. The van der Waals surface area contributed by atoms with Crippen molar-refractivity contribution in [3.63, 3.8) is 0 Å². The Morgan fingerprint density at radius 2 is 2.64 bits per heavy atom. The normalized spacial score (nSPS) is 27.4. The summed E-state index contributed by atoms with van der Waals surface area (Å²) in [6.07, 6.45) is 0. The molecule has 0 aromatic heterocycles. The molecular formula is C6H9NO3S. The number of esters is 1. The van der Waals surface area contributed by atoms with Crippen LogP contribution < -0.4 is 0 Å². The lowest BCUT2D eigenvalue weighted by atomic mass is 10.1. The first kappa shape index (κ1) is 8.39. The van der Waals surface area contributed by atoms with Crippen LogP contribution in [0.15, 0.2) is 5.16 Å². The van der Waals surface area contributed by atoms with Gasteiger partial charge in [0, 0.05) is 11.5 Å². The fraction of sp³-hybridized carbons (Fsp3) is 0.667. The summed E-state index contributed by atoms with van der Waals surface area (Å²) in [7, 11) is 1.33. The summed E-state index contributed by atoms with van der Waals surface area (Å²) in [4.78, 5) is 11.0. The van der Waals surface area contributed by atoms with E-state index in [1.54, 1.807) is 11.8 Å². The molecule has 5 heteroatoms. The third kappa shape index (κ3) is 1.65. The molecule has 0 bridgehead atoms. The highest BCUT2D eigenvalue weighted by Crippen LogP contribution is 2.22. The van der Waals surface area contributed by atoms with Crippen LogP contribution in [-0.4, -0.2) is 35.5 Å². The van der Waals surface area contributed by atoms with Crippen LogP contribution in [0.4, 0.5) is 0 Å². The van der Waals surface area contributed by atoms with Crippen molar-refractivity contribution in [1.29, 1.82) is 0 Å². The molecule has 0 aliphatic carbocycles. The molecule has 1 fully saturated rings. The molecule has 1 rings (SSSR count). The van der Waals surface area contributed by atoms with Crippen molar-refractivity contribution >= 4 is 23.4 Å². The summed E-state index contributed by atoms with van der Waals surface area (Å²) in [6, 6.07) is 0. The van der Waals surface area contributed by atoms with E-state index in [2.05, 4.69) is 9.89 Å². The molecule has 1 aliphatic rings. The van der Waals surface area contributed by atoms with Crippen LogP contribution in [0.1, 0.15) is 0 Å². The van der Waals surface area contributed by atoms with Crippen molar-refractivity contribution in [1.82, 2.24) is 0 Å². The minimum Gasteiger partial charge on any atom is -0.468 e.